The van der Waals surface area contributed by atoms with E-state index in [1.54, 1.807) is 18.4 Å². The van der Waals surface area contributed by atoms with Crippen LogP contribution in [0.5, 0.6) is 5.75 Å². The minimum absolute atomic E-state index is 0.118. The van der Waals surface area contributed by atoms with Crippen LogP contribution >= 0.6 is 27.3 Å². The molecule has 0 aliphatic heterocycles. The Morgan fingerprint density at radius 2 is 2.15 bits per heavy atom. The molecule has 6 heteroatoms. The average molecular weight is 355 g/mol. The number of carbonyl (C=O) groups is 1. The number of halogens is 1. The summed E-state index contributed by atoms with van der Waals surface area (Å²) >= 11 is 5.14. The van der Waals surface area contributed by atoms with E-state index in [0.29, 0.717) is 11.4 Å². The van der Waals surface area contributed by atoms with Gasteiger partial charge in [0.05, 0.1) is 16.6 Å². The number of ether oxygens (including phenoxy) is 1. The third kappa shape index (κ3) is 3.98. The van der Waals surface area contributed by atoms with Gasteiger partial charge in [-0.15, -0.1) is 11.3 Å². The molecule has 1 heterocycles. The Kier molecular flexibility index (Phi) is 5.03. The number of rotatable bonds is 5. The van der Waals surface area contributed by atoms with E-state index >= 15 is 0 Å². The first-order valence-corrected chi connectivity index (χ1v) is 7.63. The summed E-state index contributed by atoms with van der Waals surface area (Å²) < 4.78 is 6.40. The van der Waals surface area contributed by atoms with Crippen LogP contribution in [0.25, 0.3) is 0 Å². The minimum atomic E-state index is -0.118. The van der Waals surface area contributed by atoms with Gasteiger partial charge in [-0.1, -0.05) is 0 Å². The van der Waals surface area contributed by atoms with E-state index in [1.165, 1.54) is 11.8 Å². The molecule has 0 fully saturated rings. The molecule has 0 saturated heterocycles. The van der Waals surface area contributed by atoms with Gasteiger partial charge in [0, 0.05) is 30.1 Å². The molecule has 0 radical (unpaired) electrons. The van der Waals surface area contributed by atoms with E-state index in [0.717, 1.165) is 16.0 Å². The Morgan fingerprint density at radius 1 is 1.35 bits per heavy atom. The van der Waals surface area contributed by atoms with Crippen molar-refractivity contribution >= 4 is 44.5 Å². The molecule has 2 aromatic rings. The number of methoxy groups -OCH3 is 1. The molecule has 0 unspecified atom stereocenters. The molecule has 1 aromatic heterocycles. The van der Waals surface area contributed by atoms with E-state index in [1.807, 2.05) is 24.3 Å². The molecule has 2 N–H and O–H groups in total. The van der Waals surface area contributed by atoms with Crippen LogP contribution < -0.4 is 15.4 Å². The molecule has 2 rings (SSSR count). The number of carbonyl (C=O) groups excluding carboxylic acids is 1. The maximum atomic E-state index is 11.1. The van der Waals surface area contributed by atoms with Crippen LogP contribution in [0, 0.1) is 0 Å². The van der Waals surface area contributed by atoms with Crippen molar-refractivity contribution < 1.29 is 9.53 Å². The Balaban J connectivity index is 2.07. The van der Waals surface area contributed by atoms with Gasteiger partial charge in [-0.05, 0) is 40.2 Å². The molecule has 1 aromatic carbocycles. The van der Waals surface area contributed by atoms with Crippen molar-refractivity contribution in [1.29, 1.82) is 0 Å². The number of thiophene rings is 1. The summed E-state index contributed by atoms with van der Waals surface area (Å²) in [5, 5.41) is 6.06. The van der Waals surface area contributed by atoms with Crippen LogP contribution in [-0.4, -0.2) is 13.0 Å². The summed E-state index contributed by atoms with van der Waals surface area (Å²) in [4.78, 5) is 12.3. The molecule has 1 amide bonds. The zero-order valence-corrected chi connectivity index (χ0v) is 13.6. The summed E-state index contributed by atoms with van der Waals surface area (Å²) in [6, 6.07) is 9.71. The van der Waals surface area contributed by atoms with Crippen molar-refractivity contribution in [2.24, 2.45) is 0 Å². The predicted octanol–water partition coefficient (Wildman–Crippen LogP) is 4.09. The number of hydrogen-bond acceptors (Lipinski definition) is 4. The van der Waals surface area contributed by atoms with E-state index in [9.17, 15) is 4.79 Å². The van der Waals surface area contributed by atoms with Gasteiger partial charge < -0.3 is 15.4 Å². The van der Waals surface area contributed by atoms with Crippen molar-refractivity contribution in [3.63, 3.8) is 0 Å². The lowest BCUT2D eigenvalue weighted by atomic mass is 10.2. The Labute approximate surface area is 130 Å². The molecule has 4 nitrogen and oxygen atoms in total. The second-order valence-corrected chi connectivity index (χ2v) is 6.70. The first-order chi connectivity index (χ1) is 9.58. The number of amides is 1. The highest BCUT2D eigenvalue weighted by Gasteiger charge is 2.06. The molecule has 106 valence electrons. The highest BCUT2D eigenvalue weighted by Crippen LogP contribution is 2.29. The molecular formula is C14H15BrN2O2S. The van der Waals surface area contributed by atoms with Gasteiger partial charge >= 0.3 is 0 Å². The summed E-state index contributed by atoms with van der Waals surface area (Å²) in [6.45, 7) is 2.22. The van der Waals surface area contributed by atoms with Crippen molar-refractivity contribution in [3.05, 3.63) is 39.0 Å². The molecule has 0 aliphatic rings. The molecule has 0 bridgehead atoms. The van der Waals surface area contributed by atoms with Crippen molar-refractivity contribution in [2.45, 2.75) is 13.5 Å². The quantitative estimate of drug-likeness (QED) is 0.849. The second-order valence-electron chi connectivity index (χ2n) is 4.16. The van der Waals surface area contributed by atoms with Crippen LogP contribution in [-0.2, 0) is 11.3 Å². The van der Waals surface area contributed by atoms with Gasteiger partial charge in [0.2, 0.25) is 5.91 Å². The first kappa shape index (κ1) is 14.9. The standard InChI is InChI=1S/C14H15BrN2O2S/c1-9(18)17-12-5-3-10(7-13(12)19-2)16-8-11-4-6-14(15)20-11/h3-7,16H,8H2,1-2H3,(H,17,18). The molecule has 0 aliphatic carbocycles. The maximum absolute atomic E-state index is 11.1. The topological polar surface area (TPSA) is 50.4 Å². The van der Waals surface area contributed by atoms with E-state index < -0.39 is 0 Å². The third-order valence-electron chi connectivity index (χ3n) is 2.61. The smallest absolute Gasteiger partial charge is 0.221 e. The highest BCUT2D eigenvalue weighted by atomic mass is 79.9. The monoisotopic (exact) mass is 354 g/mol. The Morgan fingerprint density at radius 3 is 2.75 bits per heavy atom. The maximum Gasteiger partial charge on any atom is 0.221 e. The van der Waals surface area contributed by atoms with Crippen LogP contribution in [0.4, 0.5) is 11.4 Å². The van der Waals surface area contributed by atoms with Crippen molar-refractivity contribution in [2.75, 3.05) is 17.7 Å². The number of nitrogens with one attached hydrogen (secondary N) is 2. The van der Waals surface area contributed by atoms with Crippen LogP contribution in [0.3, 0.4) is 0 Å². The summed E-state index contributed by atoms with van der Waals surface area (Å²) in [7, 11) is 1.58. The molecule has 0 saturated carbocycles. The Hall–Kier alpha value is -1.53. The summed E-state index contributed by atoms with van der Waals surface area (Å²) in [5.41, 5.74) is 1.62. The van der Waals surface area contributed by atoms with Gasteiger partial charge in [-0.3, -0.25) is 4.79 Å². The van der Waals surface area contributed by atoms with Crippen LogP contribution in [0.2, 0.25) is 0 Å². The zero-order valence-electron chi connectivity index (χ0n) is 11.2. The van der Waals surface area contributed by atoms with Gasteiger partial charge in [-0.2, -0.15) is 0 Å². The lowest BCUT2D eigenvalue weighted by Gasteiger charge is -2.12. The van der Waals surface area contributed by atoms with Crippen molar-refractivity contribution in [1.82, 2.24) is 0 Å². The Bertz CT molecular complexity index is 613. The SMILES string of the molecule is COc1cc(NCc2ccc(Br)s2)ccc1NC(C)=O. The van der Waals surface area contributed by atoms with Gasteiger partial charge in [0.15, 0.2) is 0 Å². The largest absolute Gasteiger partial charge is 0.494 e. The predicted molar refractivity (Wildman–Crippen MR) is 86.6 cm³/mol. The summed E-state index contributed by atoms with van der Waals surface area (Å²) in [5.74, 6) is 0.519. The number of benzene rings is 1. The normalized spacial score (nSPS) is 10.2. The first-order valence-electron chi connectivity index (χ1n) is 6.02. The second kappa shape index (κ2) is 6.76. The fraction of sp³-hybridized carbons (Fsp3) is 0.214. The van der Waals surface area contributed by atoms with Gasteiger partial charge in [0.25, 0.3) is 0 Å². The lowest BCUT2D eigenvalue weighted by Crippen LogP contribution is -2.07. The molecule has 20 heavy (non-hydrogen) atoms. The van der Waals surface area contributed by atoms with Crippen LogP contribution in [0.1, 0.15) is 11.8 Å². The third-order valence-corrected chi connectivity index (χ3v) is 4.23. The highest BCUT2D eigenvalue weighted by molar-refractivity contribution is 9.11. The lowest BCUT2D eigenvalue weighted by molar-refractivity contribution is -0.114. The van der Waals surface area contributed by atoms with E-state index in [2.05, 4.69) is 32.6 Å². The summed E-state index contributed by atoms with van der Waals surface area (Å²) in [6.07, 6.45) is 0. The fourth-order valence-corrected chi connectivity index (χ4v) is 3.15. The number of anilines is 2. The average Bonchev–Trinajstić information content (AvgIpc) is 2.83. The fourth-order valence-electron chi connectivity index (χ4n) is 1.73. The molecule has 0 spiro atoms. The van der Waals surface area contributed by atoms with Crippen LogP contribution in [0.15, 0.2) is 34.1 Å². The molecular weight excluding hydrogens is 340 g/mol. The minimum Gasteiger partial charge on any atom is -0.494 e. The zero-order chi connectivity index (χ0) is 14.5. The van der Waals surface area contributed by atoms with Gasteiger partial charge in [0.1, 0.15) is 5.75 Å². The van der Waals surface area contributed by atoms with Crippen molar-refractivity contribution in [3.8, 4) is 5.75 Å². The molecule has 0 atom stereocenters. The van der Waals surface area contributed by atoms with Gasteiger partial charge in [-0.25, -0.2) is 0 Å². The van der Waals surface area contributed by atoms with E-state index in [4.69, 9.17) is 4.74 Å². The van der Waals surface area contributed by atoms with E-state index in [-0.39, 0.29) is 5.91 Å². The number of hydrogen-bond donors (Lipinski definition) is 2.